The van der Waals surface area contributed by atoms with Crippen LogP contribution < -0.4 is 9.46 Å². The molecule has 0 amide bonds. The highest BCUT2D eigenvalue weighted by Gasteiger charge is 2.25. The van der Waals surface area contributed by atoms with Gasteiger partial charge < -0.3 is 4.74 Å². The van der Waals surface area contributed by atoms with E-state index in [9.17, 15) is 8.42 Å². The van der Waals surface area contributed by atoms with Crippen LogP contribution in [0.15, 0.2) is 53.1 Å². The lowest BCUT2D eigenvalue weighted by Crippen LogP contribution is -2.16. The van der Waals surface area contributed by atoms with Gasteiger partial charge in [0.25, 0.3) is 10.0 Å². The fraction of sp³-hybridized carbons (Fsp3) is 0.0556. The van der Waals surface area contributed by atoms with Gasteiger partial charge in [-0.25, -0.2) is 9.97 Å². The first-order chi connectivity index (χ1) is 13.9. The first-order valence-corrected chi connectivity index (χ1v) is 10.9. The summed E-state index contributed by atoms with van der Waals surface area (Å²) >= 11 is 7.33. The van der Waals surface area contributed by atoms with Crippen LogP contribution >= 0.6 is 22.9 Å². The lowest BCUT2D eigenvalue weighted by Gasteiger charge is -2.12. The van der Waals surface area contributed by atoms with Crippen LogP contribution in [0.5, 0.6) is 11.6 Å². The largest absolute Gasteiger partial charge is 0.438 e. The first-order valence-electron chi connectivity index (χ1n) is 8.16. The maximum Gasteiger partial charge on any atom is 0.281 e. The maximum absolute atomic E-state index is 12.9. The van der Waals surface area contributed by atoms with E-state index in [0.717, 1.165) is 0 Å². The molecule has 3 aromatic heterocycles. The molecular formula is C18H12ClN5O3S2. The molecule has 0 saturated heterocycles. The van der Waals surface area contributed by atoms with E-state index in [1.807, 2.05) is 6.07 Å². The standard InChI is InChI=1S/C18H12ClN5O3S2/c1-11-9-13(27-16-12(10-20)3-2-6-21-16)4-5-14(11)23-29(25,26)17-15(19)22-18-24(17)7-8-28-18/h2-9,23H,1H3. The number of anilines is 1. The van der Waals surface area contributed by atoms with Crippen LogP contribution in [-0.2, 0) is 10.0 Å². The molecule has 8 nitrogen and oxygen atoms in total. The van der Waals surface area contributed by atoms with Crippen molar-refractivity contribution in [2.75, 3.05) is 4.72 Å². The van der Waals surface area contributed by atoms with Crippen LogP contribution in [-0.4, -0.2) is 22.8 Å². The third kappa shape index (κ3) is 3.63. The third-order valence-corrected chi connectivity index (χ3v) is 6.50. The Hall–Kier alpha value is -3.13. The van der Waals surface area contributed by atoms with Gasteiger partial charge in [0.15, 0.2) is 15.1 Å². The average molecular weight is 446 g/mol. The molecule has 0 bridgehead atoms. The fourth-order valence-electron chi connectivity index (χ4n) is 2.66. The number of sulfonamides is 1. The van der Waals surface area contributed by atoms with Crippen LogP contribution in [0.2, 0.25) is 5.15 Å². The second-order valence-corrected chi connectivity index (χ2v) is 8.74. The number of imidazole rings is 1. The number of aromatic nitrogens is 3. The highest BCUT2D eigenvalue weighted by atomic mass is 35.5. The minimum atomic E-state index is -3.97. The lowest BCUT2D eigenvalue weighted by atomic mass is 10.2. The van der Waals surface area contributed by atoms with Crippen molar-refractivity contribution in [1.82, 2.24) is 14.4 Å². The first kappa shape index (κ1) is 19.2. The minimum Gasteiger partial charge on any atom is -0.438 e. The zero-order valence-electron chi connectivity index (χ0n) is 14.8. The van der Waals surface area contributed by atoms with E-state index in [1.165, 1.54) is 21.9 Å². The number of benzene rings is 1. The number of pyridine rings is 1. The van der Waals surface area contributed by atoms with E-state index in [1.54, 1.807) is 48.8 Å². The normalized spacial score (nSPS) is 11.3. The molecular weight excluding hydrogens is 434 g/mol. The number of rotatable bonds is 5. The quantitative estimate of drug-likeness (QED) is 0.492. The number of fused-ring (bicyclic) bond motifs is 1. The van der Waals surface area contributed by atoms with E-state index in [2.05, 4.69) is 14.7 Å². The van der Waals surface area contributed by atoms with Gasteiger partial charge in [0, 0.05) is 17.8 Å². The second kappa shape index (κ2) is 7.36. The minimum absolute atomic E-state index is 0.0962. The van der Waals surface area contributed by atoms with Gasteiger partial charge in [-0.15, -0.1) is 11.3 Å². The zero-order valence-corrected chi connectivity index (χ0v) is 17.2. The smallest absolute Gasteiger partial charge is 0.281 e. The number of nitrogens with one attached hydrogen (secondary N) is 1. The number of nitriles is 1. The van der Waals surface area contributed by atoms with Crippen molar-refractivity contribution in [2.45, 2.75) is 11.9 Å². The van der Waals surface area contributed by atoms with Crippen molar-refractivity contribution in [2.24, 2.45) is 0 Å². The number of nitrogens with zero attached hydrogens (tertiary/aromatic N) is 4. The van der Waals surface area contributed by atoms with Gasteiger partial charge in [0.2, 0.25) is 5.88 Å². The summed E-state index contributed by atoms with van der Waals surface area (Å²) in [5.41, 5.74) is 1.27. The van der Waals surface area contributed by atoms with Crippen LogP contribution in [0.4, 0.5) is 5.69 Å². The van der Waals surface area contributed by atoms with E-state index < -0.39 is 10.0 Å². The summed E-state index contributed by atoms with van der Waals surface area (Å²) < 4.78 is 35.4. The average Bonchev–Trinajstić information content (AvgIpc) is 3.24. The monoisotopic (exact) mass is 445 g/mol. The predicted molar refractivity (Wildman–Crippen MR) is 109 cm³/mol. The molecule has 0 aliphatic heterocycles. The maximum atomic E-state index is 12.9. The van der Waals surface area contributed by atoms with Crippen molar-refractivity contribution in [3.05, 3.63) is 64.4 Å². The third-order valence-electron chi connectivity index (χ3n) is 3.98. The molecule has 0 fully saturated rings. The molecule has 4 aromatic rings. The van der Waals surface area contributed by atoms with Crippen molar-refractivity contribution in [1.29, 1.82) is 5.26 Å². The Kier molecular flexibility index (Phi) is 4.87. The summed E-state index contributed by atoms with van der Waals surface area (Å²) in [5.74, 6) is 0.594. The highest BCUT2D eigenvalue weighted by molar-refractivity contribution is 7.92. The van der Waals surface area contributed by atoms with Gasteiger partial charge in [-0.1, -0.05) is 11.6 Å². The van der Waals surface area contributed by atoms with Crippen LogP contribution in [0, 0.1) is 18.3 Å². The van der Waals surface area contributed by atoms with Gasteiger partial charge in [-0.05, 0) is 42.8 Å². The van der Waals surface area contributed by atoms with E-state index >= 15 is 0 Å². The predicted octanol–water partition coefficient (Wildman–Crippen LogP) is 4.22. The molecule has 11 heteroatoms. The molecule has 1 N–H and O–H groups in total. The van der Waals surface area contributed by atoms with Crippen LogP contribution in [0.25, 0.3) is 4.96 Å². The fourth-order valence-corrected chi connectivity index (χ4v) is 5.24. The molecule has 0 atom stereocenters. The summed E-state index contributed by atoms with van der Waals surface area (Å²) in [4.78, 5) is 8.58. The number of hydrogen-bond donors (Lipinski definition) is 1. The summed E-state index contributed by atoms with van der Waals surface area (Å²) in [5, 5.41) is 10.6. The molecule has 146 valence electrons. The Morgan fingerprint density at radius 1 is 1.34 bits per heavy atom. The summed E-state index contributed by atoms with van der Waals surface area (Å²) in [6.07, 6.45) is 3.11. The summed E-state index contributed by atoms with van der Waals surface area (Å²) in [7, 11) is -3.97. The van der Waals surface area contributed by atoms with Crippen LogP contribution in [0.3, 0.4) is 0 Å². The number of hydrogen-bond acceptors (Lipinski definition) is 7. The molecule has 0 aliphatic rings. The Morgan fingerprint density at radius 2 is 2.17 bits per heavy atom. The van der Waals surface area contributed by atoms with Crippen molar-refractivity contribution in [3.8, 4) is 17.7 Å². The van der Waals surface area contributed by atoms with Crippen molar-refractivity contribution < 1.29 is 13.2 Å². The van der Waals surface area contributed by atoms with Gasteiger partial charge >= 0.3 is 0 Å². The Bertz CT molecular complexity index is 1370. The molecule has 1 aromatic carbocycles. The second-order valence-electron chi connectivity index (χ2n) is 5.92. The van der Waals surface area contributed by atoms with E-state index in [-0.39, 0.29) is 16.1 Å². The lowest BCUT2D eigenvalue weighted by molar-refractivity contribution is 0.461. The molecule has 0 aliphatic carbocycles. The highest BCUT2D eigenvalue weighted by Crippen LogP contribution is 2.30. The zero-order chi connectivity index (χ0) is 20.6. The molecule has 0 unspecified atom stereocenters. The number of aryl methyl sites for hydroxylation is 1. The Balaban J connectivity index is 1.62. The summed E-state index contributed by atoms with van der Waals surface area (Å²) in [6.45, 7) is 1.73. The van der Waals surface area contributed by atoms with Crippen molar-refractivity contribution >= 4 is 43.6 Å². The number of halogens is 1. The molecule has 29 heavy (non-hydrogen) atoms. The molecule has 0 spiro atoms. The van der Waals surface area contributed by atoms with Crippen molar-refractivity contribution in [3.63, 3.8) is 0 Å². The molecule has 0 radical (unpaired) electrons. The SMILES string of the molecule is Cc1cc(Oc2ncccc2C#N)ccc1NS(=O)(=O)c1c(Cl)nc2sccn12. The van der Waals surface area contributed by atoms with Gasteiger partial charge in [-0.2, -0.15) is 13.7 Å². The number of ether oxygens (including phenoxy) is 1. The Labute approximate surface area is 175 Å². The molecule has 4 rings (SSSR count). The molecule has 3 heterocycles. The topological polar surface area (TPSA) is 109 Å². The van der Waals surface area contributed by atoms with E-state index in [4.69, 9.17) is 21.6 Å². The summed E-state index contributed by atoms with van der Waals surface area (Å²) in [6, 6.07) is 10.0. The van der Waals surface area contributed by atoms with E-state index in [0.29, 0.717) is 27.5 Å². The van der Waals surface area contributed by atoms with Gasteiger partial charge in [-0.3, -0.25) is 9.12 Å². The Morgan fingerprint density at radius 3 is 2.93 bits per heavy atom. The van der Waals surface area contributed by atoms with Gasteiger partial charge in [0.1, 0.15) is 17.4 Å². The molecule has 0 saturated carbocycles. The van der Waals surface area contributed by atoms with Crippen LogP contribution in [0.1, 0.15) is 11.1 Å². The van der Waals surface area contributed by atoms with Gasteiger partial charge in [0.05, 0.1) is 5.69 Å². The number of thiazole rings is 1.